The molecule has 2 aromatic carbocycles. The summed E-state index contributed by atoms with van der Waals surface area (Å²) in [4.78, 5) is 12.1. The molecule has 0 fully saturated rings. The van der Waals surface area contributed by atoms with Gasteiger partial charge in [0.05, 0.1) is 32.0 Å². The van der Waals surface area contributed by atoms with Gasteiger partial charge in [-0.15, -0.1) is 0 Å². The predicted octanol–water partition coefficient (Wildman–Crippen LogP) is 2.47. The third kappa shape index (κ3) is 3.66. The molecule has 0 saturated carbocycles. The number of ether oxygens (including phenoxy) is 2. The molecule has 0 aliphatic heterocycles. The summed E-state index contributed by atoms with van der Waals surface area (Å²) in [6.07, 6.45) is 0.218. The van der Waals surface area contributed by atoms with Crippen molar-refractivity contribution in [2.75, 3.05) is 25.3 Å². The zero-order valence-electron chi connectivity index (χ0n) is 12.1. The zero-order chi connectivity index (χ0) is 15.2. The van der Waals surface area contributed by atoms with Crippen molar-refractivity contribution in [2.45, 2.75) is 6.42 Å². The summed E-state index contributed by atoms with van der Waals surface area (Å²) in [5.41, 5.74) is 7.73. The molecule has 21 heavy (non-hydrogen) atoms. The van der Waals surface area contributed by atoms with E-state index in [2.05, 4.69) is 5.32 Å². The Balaban J connectivity index is 2.08. The molecule has 0 aliphatic carbocycles. The van der Waals surface area contributed by atoms with Crippen LogP contribution in [0.1, 0.15) is 5.56 Å². The highest BCUT2D eigenvalue weighted by Gasteiger charge is 2.10. The number of para-hydroxylation sites is 1. The van der Waals surface area contributed by atoms with Gasteiger partial charge in [0.1, 0.15) is 11.5 Å². The predicted molar refractivity (Wildman–Crippen MR) is 82.7 cm³/mol. The van der Waals surface area contributed by atoms with Crippen molar-refractivity contribution in [1.82, 2.24) is 0 Å². The Morgan fingerprint density at radius 2 is 1.90 bits per heavy atom. The Kier molecular flexibility index (Phi) is 4.66. The van der Waals surface area contributed by atoms with Gasteiger partial charge in [-0.05, 0) is 18.2 Å². The lowest BCUT2D eigenvalue weighted by atomic mass is 10.1. The summed E-state index contributed by atoms with van der Waals surface area (Å²) < 4.78 is 10.3. The number of hydrogen-bond acceptors (Lipinski definition) is 4. The van der Waals surface area contributed by atoms with Crippen LogP contribution in [0.3, 0.4) is 0 Å². The van der Waals surface area contributed by atoms with Gasteiger partial charge in [-0.3, -0.25) is 4.79 Å². The largest absolute Gasteiger partial charge is 0.497 e. The van der Waals surface area contributed by atoms with Crippen LogP contribution in [0.5, 0.6) is 11.5 Å². The molecule has 5 heteroatoms. The van der Waals surface area contributed by atoms with Crippen molar-refractivity contribution >= 4 is 17.3 Å². The smallest absolute Gasteiger partial charge is 0.228 e. The van der Waals surface area contributed by atoms with E-state index in [4.69, 9.17) is 15.2 Å². The Bertz CT molecular complexity index is 641. The van der Waals surface area contributed by atoms with E-state index in [1.165, 1.54) is 0 Å². The Morgan fingerprint density at radius 3 is 2.57 bits per heavy atom. The molecule has 0 heterocycles. The van der Waals surface area contributed by atoms with Crippen LogP contribution in [0.4, 0.5) is 11.4 Å². The summed E-state index contributed by atoms with van der Waals surface area (Å²) >= 11 is 0. The van der Waals surface area contributed by atoms with Gasteiger partial charge >= 0.3 is 0 Å². The molecular weight excluding hydrogens is 268 g/mol. The number of hydrogen-bond donors (Lipinski definition) is 2. The fraction of sp³-hybridized carbons (Fsp3) is 0.188. The molecule has 0 unspecified atom stereocenters. The topological polar surface area (TPSA) is 73.6 Å². The van der Waals surface area contributed by atoms with Crippen molar-refractivity contribution < 1.29 is 14.3 Å². The van der Waals surface area contributed by atoms with Crippen LogP contribution < -0.4 is 20.5 Å². The molecule has 5 nitrogen and oxygen atoms in total. The first-order chi connectivity index (χ1) is 10.1. The molecule has 2 rings (SSSR count). The number of nitrogens with two attached hydrogens (primary N) is 1. The minimum atomic E-state index is -0.156. The Hall–Kier alpha value is -2.69. The van der Waals surface area contributed by atoms with Crippen LogP contribution >= 0.6 is 0 Å². The van der Waals surface area contributed by atoms with Gasteiger partial charge in [-0.25, -0.2) is 0 Å². The second-order valence-electron chi connectivity index (χ2n) is 4.49. The van der Waals surface area contributed by atoms with Crippen molar-refractivity contribution in [3.05, 3.63) is 48.0 Å². The summed E-state index contributed by atoms with van der Waals surface area (Å²) in [7, 11) is 3.15. The highest BCUT2D eigenvalue weighted by Crippen LogP contribution is 2.24. The molecule has 0 aliphatic rings. The second kappa shape index (κ2) is 6.65. The number of carbonyl (C=O) groups is 1. The maximum absolute atomic E-state index is 12.1. The number of nitrogen functional groups attached to an aromatic ring is 1. The number of methoxy groups -OCH3 is 2. The molecule has 110 valence electrons. The molecule has 1 amide bonds. The molecule has 0 aromatic heterocycles. The molecule has 3 N–H and O–H groups in total. The van der Waals surface area contributed by atoms with Crippen LogP contribution in [-0.4, -0.2) is 20.1 Å². The average Bonchev–Trinajstić information content (AvgIpc) is 2.49. The van der Waals surface area contributed by atoms with Crippen molar-refractivity contribution in [2.24, 2.45) is 0 Å². The maximum atomic E-state index is 12.1. The van der Waals surface area contributed by atoms with Crippen molar-refractivity contribution in [3.63, 3.8) is 0 Å². The van der Waals surface area contributed by atoms with Gasteiger partial charge in [-0.2, -0.15) is 0 Å². The van der Waals surface area contributed by atoms with Gasteiger partial charge in [-0.1, -0.05) is 18.2 Å². The average molecular weight is 286 g/mol. The normalized spacial score (nSPS) is 10.0. The van der Waals surface area contributed by atoms with E-state index in [0.29, 0.717) is 22.9 Å². The monoisotopic (exact) mass is 286 g/mol. The van der Waals surface area contributed by atoms with Crippen LogP contribution in [0.25, 0.3) is 0 Å². The van der Waals surface area contributed by atoms with Crippen molar-refractivity contribution in [1.29, 1.82) is 0 Å². The molecular formula is C16H18N2O3. The van der Waals surface area contributed by atoms with E-state index >= 15 is 0 Å². The lowest BCUT2D eigenvalue weighted by Crippen LogP contribution is -2.16. The minimum Gasteiger partial charge on any atom is -0.497 e. The number of amides is 1. The van der Waals surface area contributed by atoms with E-state index < -0.39 is 0 Å². The standard InChI is InChI=1S/C16H18N2O3/c1-20-12-7-8-14(13(17)10-12)18-16(19)9-11-5-3-4-6-15(11)21-2/h3-8,10H,9,17H2,1-2H3,(H,18,19). The molecule has 0 radical (unpaired) electrons. The molecule has 0 bridgehead atoms. The number of carbonyl (C=O) groups excluding carboxylic acids is 1. The van der Waals surface area contributed by atoms with Crippen molar-refractivity contribution in [3.8, 4) is 11.5 Å². The summed E-state index contributed by atoms with van der Waals surface area (Å²) in [6.45, 7) is 0. The fourth-order valence-corrected chi connectivity index (χ4v) is 2.00. The van der Waals surface area contributed by atoms with Crippen LogP contribution in [-0.2, 0) is 11.2 Å². The third-order valence-electron chi connectivity index (χ3n) is 3.08. The highest BCUT2D eigenvalue weighted by atomic mass is 16.5. The number of nitrogens with one attached hydrogen (secondary N) is 1. The van der Waals surface area contributed by atoms with Crippen LogP contribution in [0, 0.1) is 0 Å². The zero-order valence-corrected chi connectivity index (χ0v) is 12.1. The van der Waals surface area contributed by atoms with E-state index in [9.17, 15) is 4.79 Å². The van der Waals surface area contributed by atoms with E-state index in [1.54, 1.807) is 32.4 Å². The van der Waals surface area contributed by atoms with Gasteiger partial charge in [0.2, 0.25) is 5.91 Å². The number of anilines is 2. The first-order valence-corrected chi connectivity index (χ1v) is 6.49. The first-order valence-electron chi connectivity index (χ1n) is 6.49. The Morgan fingerprint density at radius 1 is 1.14 bits per heavy atom. The SMILES string of the molecule is COc1ccc(NC(=O)Cc2ccccc2OC)c(N)c1. The van der Waals surface area contributed by atoms with E-state index in [-0.39, 0.29) is 12.3 Å². The minimum absolute atomic E-state index is 0.156. The molecule has 0 saturated heterocycles. The number of rotatable bonds is 5. The molecule has 2 aromatic rings. The van der Waals surface area contributed by atoms with E-state index in [0.717, 1.165) is 5.56 Å². The number of benzene rings is 2. The molecule has 0 spiro atoms. The van der Waals surface area contributed by atoms with Gasteiger partial charge < -0.3 is 20.5 Å². The Labute approximate surface area is 123 Å². The summed E-state index contributed by atoms with van der Waals surface area (Å²) in [5.74, 6) is 1.18. The summed E-state index contributed by atoms with van der Waals surface area (Å²) in [5, 5.41) is 2.79. The van der Waals surface area contributed by atoms with Crippen LogP contribution in [0.2, 0.25) is 0 Å². The fourth-order valence-electron chi connectivity index (χ4n) is 2.00. The maximum Gasteiger partial charge on any atom is 0.228 e. The van der Waals surface area contributed by atoms with Gasteiger partial charge in [0.15, 0.2) is 0 Å². The van der Waals surface area contributed by atoms with Crippen LogP contribution in [0.15, 0.2) is 42.5 Å². The first kappa shape index (κ1) is 14.7. The molecule has 0 atom stereocenters. The third-order valence-corrected chi connectivity index (χ3v) is 3.08. The highest BCUT2D eigenvalue weighted by molar-refractivity contribution is 5.95. The quantitative estimate of drug-likeness (QED) is 0.828. The second-order valence-corrected chi connectivity index (χ2v) is 4.49. The lowest BCUT2D eigenvalue weighted by Gasteiger charge is -2.11. The van der Waals surface area contributed by atoms with Gasteiger partial charge in [0, 0.05) is 11.6 Å². The van der Waals surface area contributed by atoms with Gasteiger partial charge in [0.25, 0.3) is 0 Å². The van der Waals surface area contributed by atoms with E-state index in [1.807, 2.05) is 24.3 Å². The lowest BCUT2D eigenvalue weighted by molar-refractivity contribution is -0.115. The summed E-state index contributed by atoms with van der Waals surface area (Å²) in [6, 6.07) is 12.5.